The van der Waals surface area contributed by atoms with Crippen molar-refractivity contribution in [1.82, 2.24) is 9.97 Å². The van der Waals surface area contributed by atoms with Gasteiger partial charge < -0.3 is 4.98 Å². The number of hydrogen-bond donors (Lipinski definition) is 1. The summed E-state index contributed by atoms with van der Waals surface area (Å²) in [7, 11) is 0. The second-order valence-corrected chi connectivity index (χ2v) is 5.51. The van der Waals surface area contributed by atoms with Gasteiger partial charge in [-0.3, -0.25) is 0 Å². The number of nitrogens with one attached hydrogen (secondary N) is 1. The molecule has 0 bridgehead atoms. The molecular weight excluding hydrogens is 273 g/mol. The van der Waals surface area contributed by atoms with Gasteiger partial charge in [-0.2, -0.15) is 5.26 Å². The third kappa shape index (κ3) is 2.51. The smallest absolute Gasteiger partial charge is 0.171 e. The van der Waals surface area contributed by atoms with E-state index in [4.69, 9.17) is 5.26 Å². The molecule has 0 saturated carbocycles. The van der Waals surface area contributed by atoms with E-state index in [1.54, 1.807) is 6.07 Å². The zero-order chi connectivity index (χ0) is 14.1. The van der Waals surface area contributed by atoms with Gasteiger partial charge in [0.05, 0.1) is 22.7 Å². The molecule has 0 atom stereocenters. The number of nitriles is 1. The van der Waals surface area contributed by atoms with Crippen molar-refractivity contribution < 1.29 is 4.39 Å². The van der Waals surface area contributed by atoms with Crippen molar-refractivity contribution >= 4 is 22.8 Å². The summed E-state index contributed by atoms with van der Waals surface area (Å²) in [6.45, 7) is 2.01. The van der Waals surface area contributed by atoms with Gasteiger partial charge in [0.2, 0.25) is 0 Å². The molecule has 0 spiro atoms. The first-order chi connectivity index (χ1) is 9.64. The van der Waals surface area contributed by atoms with Gasteiger partial charge in [-0.15, -0.1) is 0 Å². The van der Waals surface area contributed by atoms with Crippen molar-refractivity contribution in [2.75, 3.05) is 0 Å². The Morgan fingerprint density at radius 1 is 1.25 bits per heavy atom. The zero-order valence-electron chi connectivity index (χ0n) is 10.6. The van der Waals surface area contributed by atoms with Gasteiger partial charge in [0.25, 0.3) is 0 Å². The maximum absolute atomic E-state index is 13.4. The number of aromatic nitrogens is 2. The lowest BCUT2D eigenvalue weighted by molar-refractivity contribution is 0.623. The summed E-state index contributed by atoms with van der Waals surface area (Å²) in [4.78, 5) is 8.27. The number of nitrogens with zero attached hydrogens (tertiary/aromatic N) is 2. The van der Waals surface area contributed by atoms with Crippen LogP contribution in [0.3, 0.4) is 0 Å². The second-order valence-electron chi connectivity index (χ2n) is 4.45. The summed E-state index contributed by atoms with van der Waals surface area (Å²) in [6, 6.07) is 12.1. The maximum Gasteiger partial charge on any atom is 0.171 e. The van der Waals surface area contributed by atoms with Crippen molar-refractivity contribution in [3.05, 3.63) is 53.3 Å². The van der Waals surface area contributed by atoms with Crippen molar-refractivity contribution in [3.8, 4) is 6.07 Å². The number of benzene rings is 2. The quantitative estimate of drug-likeness (QED) is 0.772. The van der Waals surface area contributed by atoms with E-state index in [0.717, 1.165) is 16.6 Å². The predicted octanol–water partition coefficient (Wildman–Crippen LogP) is 4.03. The first kappa shape index (κ1) is 12.7. The lowest BCUT2D eigenvalue weighted by Gasteiger charge is -1.99. The van der Waals surface area contributed by atoms with Crippen LogP contribution in [0.1, 0.15) is 11.1 Å². The lowest BCUT2D eigenvalue weighted by atomic mass is 10.2. The number of halogens is 1. The molecule has 0 aliphatic carbocycles. The molecule has 0 aliphatic heterocycles. The lowest BCUT2D eigenvalue weighted by Crippen LogP contribution is -1.82. The van der Waals surface area contributed by atoms with Gasteiger partial charge in [0.15, 0.2) is 5.16 Å². The van der Waals surface area contributed by atoms with Crippen LogP contribution in [-0.2, 0) is 0 Å². The minimum absolute atomic E-state index is 0.305. The summed E-state index contributed by atoms with van der Waals surface area (Å²) in [6.07, 6.45) is 0. The van der Waals surface area contributed by atoms with E-state index >= 15 is 0 Å². The highest BCUT2D eigenvalue weighted by molar-refractivity contribution is 7.99. The maximum atomic E-state index is 13.4. The van der Waals surface area contributed by atoms with Gasteiger partial charge >= 0.3 is 0 Å². The Hall–Kier alpha value is -2.32. The first-order valence-corrected chi connectivity index (χ1v) is 6.80. The molecule has 0 amide bonds. The van der Waals surface area contributed by atoms with Crippen LogP contribution in [0.15, 0.2) is 46.5 Å². The molecule has 0 aliphatic rings. The minimum atomic E-state index is -0.418. The monoisotopic (exact) mass is 283 g/mol. The van der Waals surface area contributed by atoms with Gasteiger partial charge in [0.1, 0.15) is 5.82 Å². The third-order valence-corrected chi connectivity index (χ3v) is 3.69. The van der Waals surface area contributed by atoms with E-state index in [-0.39, 0.29) is 0 Å². The molecule has 3 nitrogen and oxygen atoms in total. The topological polar surface area (TPSA) is 52.5 Å². The minimum Gasteiger partial charge on any atom is -0.333 e. The van der Waals surface area contributed by atoms with E-state index in [9.17, 15) is 4.39 Å². The molecule has 20 heavy (non-hydrogen) atoms. The van der Waals surface area contributed by atoms with Crippen molar-refractivity contribution in [2.24, 2.45) is 0 Å². The molecule has 3 rings (SSSR count). The fourth-order valence-corrected chi connectivity index (χ4v) is 2.83. The molecule has 0 fully saturated rings. The van der Waals surface area contributed by atoms with Crippen LogP contribution in [0, 0.1) is 24.1 Å². The summed E-state index contributed by atoms with van der Waals surface area (Å²) < 4.78 is 13.4. The Kier molecular flexibility index (Phi) is 3.17. The van der Waals surface area contributed by atoms with Crippen molar-refractivity contribution in [1.29, 1.82) is 5.26 Å². The summed E-state index contributed by atoms with van der Waals surface area (Å²) in [5, 5.41) is 9.53. The van der Waals surface area contributed by atoms with Crippen LogP contribution in [0.5, 0.6) is 0 Å². The summed E-state index contributed by atoms with van der Waals surface area (Å²) >= 11 is 1.31. The molecule has 0 radical (unpaired) electrons. The number of fused-ring (bicyclic) bond motifs is 1. The number of H-pyrrole nitrogens is 1. The molecule has 2 aromatic carbocycles. The van der Waals surface area contributed by atoms with Gasteiger partial charge in [-0.05, 0) is 42.8 Å². The average Bonchev–Trinajstić information content (AvgIpc) is 2.79. The van der Waals surface area contributed by atoms with E-state index in [0.29, 0.717) is 15.6 Å². The number of aryl methyl sites for hydroxylation is 1. The Balaban J connectivity index is 1.97. The van der Waals surface area contributed by atoms with Crippen LogP contribution in [0.2, 0.25) is 0 Å². The summed E-state index contributed by atoms with van der Waals surface area (Å²) in [5.41, 5.74) is 3.27. The molecule has 98 valence electrons. The molecule has 0 saturated heterocycles. The van der Waals surface area contributed by atoms with E-state index in [1.807, 2.05) is 31.2 Å². The largest absolute Gasteiger partial charge is 0.333 e. The average molecular weight is 283 g/mol. The number of imidazole rings is 1. The predicted molar refractivity (Wildman–Crippen MR) is 76.1 cm³/mol. The summed E-state index contributed by atoms with van der Waals surface area (Å²) in [5.74, 6) is -0.418. The van der Waals surface area contributed by atoms with E-state index in [2.05, 4.69) is 9.97 Å². The Morgan fingerprint density at radius 3 is 2.90 bits per heavy atom. The molecule has 1 aromatic heterocycles. The third-order valence-electron chi connectivity index (χ3n) is 2.83. The van der Waals surface area contributed by atoms with E-state index in [1.165, 1.54) is 23.9 Å². The molecular formula is C15H10FN3S. The highest BCUT2D eigenvalue weighted by Crippen LogP contribution is 2.28. The Bertz CT molecular complexity index is 833. The zero-order valence-corrected chi connectivity index (χ0v) is 11.5. The van der Waals surface area contributed by atoms with Gasteiger partial charge in [-0.1, -0.05) is 17.8 Å². The molecule has 1 N–H and O–H groups in total. The van der Waals surface area contributed by atoms with Crippen LogP contribution in [-0.4, -0.2) is 9.97 Å². The van der Waals surface area contributed by atoms with Crippen LogP contribution >= 0.6 is 11.8 Å². The Labute approximate surface area is 119 Å². The normalized spacial score (nSPS) is 10.7. The SMILES string of the molecule is Cc1ccc2nc(Sc3cc(F)cc(C#N)c3)[nH]c2c1. The van der Waals surface area contributed by atoms with Crippen LogP contribution < -0.4 is 0 Å². The highest BCUT2D eigenvalue weighted by atomic mass is 32.2. The first-order valence-electron chi connectivity index (χ1n) is 5.99. The fraction of sp³-hybridized carbons (Fsp3) is 0.0667. The number of aromatic amines is 1. The highest BCUT2D eigenvalue weighted by Gasteiger charge is 2.07. The van der Waals surface area contributed by atoms with Crippen molar-refractivity contribution in [2.45, 2.75) is 17.0 Å². The number of hydrogen-bond acceptors (Lipinski definition) is 3. The fourth-order valence-electron chi connectivity index (χ4n) is 1.95. The van der Waals surface area contributed by atoms with Gasteiger partial charge in [-0.25, -0.2) is 9.37 Å². The Morgan fingerprint density at radius 2 is 2.10 bits per heavy atom. The van der Waals surface area contributed by atoms with E-state index < -0.39 is 5.82 Å². The standard InChI is InChI=1S/C15H10FN3S/c1-9-2-3-13-14(4-9)19-15(18-13)20-12-6-10(8-17)5-11(16)7-12/h2-7H,1H3,(H,18,19). The molecule has 5 heteroatoms. The molecule has 1 heterocycles. The molecule has 3 aromatic rings. The van der Waals surface area contributed by atoms with Gasteiger partial charge in [0, 0.05) is 4.90 Å². The number of rotatable bonds is 2. The second kappa shape index (κ2) is 4.99. The van der Waals surface area contributed by atoms with Crippen LogP contribution in [0.25, 0.3) is 11.0 Å². The molecule has 0 unspecified atom stereocenters. The van der Waals surface area contributed by atoms with Crippen LogP contribution in [0.4, 0.5) is 4.39 Å². The van der Waals surface area contributed by atoms with Crippen molar-refractivity contribution in [3.63, 3.8) is 0 Å².